The van der Waals surface area contributed by atoms with Gasteiger partial charge in [0.1, 0.15) is 9.84 Å². The Morgan fingerprint density at radius 1 is 1.39 bits per heavy atom. The summed E-state index contributed by atoms with van der Waals surface area (Å²) in [6, 6.07) is 5.83. The zero-order valence-electron chi connectivity index (χ0n) is 13.5. The molecule has 3 rings (SSSR count). The first-order valence-corrected chi connectivity index (χ1v) is 10.3. The van der Waals surface area contributed by atoms with Gasteiger partial charge in [-0.05, 0) is 37.4 Å². The van der Waals surface area contributed by atoms with Crippen molar-refractivity contribution in [2.24, 2.45) is 13.0 Å². The summed E-state index contributed by atoms with van der Waals surface area (Å²) in [6.07, 6.45) is 3.32. The van der Waals surface area contributed by atoms with Crippen molar-refractivity contribution >= 4 is 32.3 Å². The number of piperidine rings is 1. The van der Waals surface area contributed by atoms with Crippen LogP contribution in [0, 0.1) is 5.92 Å². The van der Waals surface area contributed by atoms with Gasteiger partial charge in [0.2, 0.25) is 0 Å². The molecular formula is C16H22ClN3O2S. The maximum atomic E-state index is 11.5. The number of benzene rings is 1. The Morgan fingerprint density at radius 2 is 2.17 bits per heavy atom. The summed E-state index contributed by atoms with van der Waals surface area (Å²) in [5.41, 5.74) is 1.99. The predicted octanol–water partition coefficient (Wildman–Crippen LogP) is 2.48. The highest BCUT2D eigenvalue weighted by Crippen LogP contribution is 2.28. The van der Waals surface area contributed by atoms with Crippen molar-refractivity contribution in [2.45, 2.75) is 19.4 Å². The standard InChI is InChI=1S/C16H22ClN3O2S/c1-19-15-7-3-6-13(17)16(15)14(18-19)10-20-8-4-5-12(9-20)11-23(2,21)22/h3,6-7,12H,4-5,8-11H2,1-2H3. The average Bonchev–Trinajstić information content (AvgIpc) is 2.75. The van der Waals surface area contributed by atoms with E-state index in [4.69, 9.17) is 11.6 Å². The predicted molar refractivity (Wildman–Crippen MR) is 93.4 cm³/mol. The van der Waals surface area contributed by atoms with Crippen LogP contribution in [0.15, 0.2) is 18.2 Å². The molecule has 5 nitrogen and oxygen atoms in total. The number of likely N-dealkylation sites (tertiary alicyclic amines) is 1. The number of sulfone groups is 1. The van der Waals surface area contributed by atoms with Gasteiger partial charge < -0.3 is 0 Å². The molecule has 2 heterocycles. The second-order valence-corrected chi connectivity index (χ2v) is 9.13. The molecule has 0 bridgehead atoms. The summed E-state index contributed by atoms with van der Waals surface area (Å²) in [4.78, 5) is 2.30. The fourth-order valence-corrected chi connectivity index (χ4v) is 4.94. The summed E-state index contributed by atoms with van der Waals surface area (Å²) < 4.78 is 24.9. The molecule has 0 radical (unpaired) electrons. The monoisotopic (exact) mass is 355 g/mol. The lowest BCUT2D eigenvalue weighted by atomic mass is 10.00. The van der Waals surface area contributed by atoms with E-state index >= 15 is 0 Å². The normalized spacial score (nSPS) is 20.2. The molecule has 0 amide bonds. The smallest absolute Gasteiger partial charge is 0.147 e. The molecule has 1 aliphatic heterocycles. The fourth-order valence-electron chi connectivity index (χ4n) is 3.53. The van der Waals surface area contributed by atoms with E-state index in [2.05, 4.69) is 10.00 Å². The third-order valence-electron chi connectivity index (χ3n) is 4.41. The van der Waals surface area contributed by atoms with E-state index in [1.165, 1.54) is 6.26 Å². The van der Waals surface area contributed by atoms with Crippen LogP contribution in [0.5, 0.6) is 0 Å². The quantitative estimate of drug-likeness (QED) is 0.845. The molecule has 0 saturated carbocycles. The average molecular weight is 356 g/mol. The van der Waals surface area contributed by atoms with E-state index in [0.29, 0.717) is 6.54 Å². The number of fused-ring (bicyclic) bond motifs is 1. The summed E-state index contributed by atoms with van der Waals surface area (Å²) in [5.74, 6) is 0.483. The van der Waals surface area contributed by atoms with E-state index in [1.807, 2.05) is 29.9 Å². The molecule has 1 aromatic heterocycles. The van der Waals surface area contributed by atoms with Crippen LogP contribution in [-0.2, 0) is 23.4 Å². The van der Waals surface area contributed by atoms with Crippen LogP contribution in [0.1, 0.15) is 18.5 Å². The Labute approximate surface area is 142 Å². The van der Waals surface area contributed by atoms with Gasteiger partial charge in [-0.15, -0.1) is 0 Å². The Bertz CT molecular complexity index is 816. The zero-order chi connectivity index (χ0) is 16.6. The van der Waals surface area contributed by atoms with Gasteiger partial charge in [-0.25, -0.2) is 8.42 Å². The number of aromatic nitrogens is 2. The SMILES string of the molecule is Cn1nc(CN2CCCC(CS(C)(=O)=O)C2)c2c(Cl)cccc21. The third kappa shape index (κ3) is 3.87. The Hall–Kier alpha value is -1.11. The van der Waals surface area contributed by atoms with Crippen LogP contribution >= 0.6 is 11.6 Å². The number of nitrogens with zero attached hydrogens (tertiary/aromatic N) is 3. The van der Waals surface area contributed by atoms with E-state index in [9.17, 15) is 8.42 Å². The van der Waals surface area contributed by atoms with Crippen LogP contribution in [-0.4, -0.2) is 48.2 Å². The number of aryl methyl sites for hydroxylation is 1. The van der Waals surface area contributed by atoms with Gasteiger partial charge in [0.05, 0.1) is 22.0 Å². The molecule has 1 atom stereocenters. The van der Waals surface area contributed by atoms with Crippen molar-refractivity contribution in [3.8, 4) is 0 Å². The van der Waals surface area contributed by atoms with Gasteiger partial charge in [-0.1, -0.05) is 17.7 Å². The van der Waals surface area contributed by atoms with Crippen LogP contribution in [0.4, 0.5) is 0 Å². The summed E-state index contributed by atoms with van der Waals surface area (Å²) in [7, 11) is -1.00. The molecule has 0 aliphatic carbocycles. The lowest BCUT2D eigenvalue weighted by Crippen LogP contribution is -2.37. The van der Waals surface area contributed by atoms with Crippen LogP contribution < -0.4 is 0 Å². The maximum Gasteiger partial charge on any atom is 0.147 e. The minimum atomic E-state index is -2.92. The van der Waals surface area contributed by atoms with Crippen molar-refractivity contribution in [1.29, 1.82) is 0 Å². The van der Waals surface area contributed by atoms with E-state index in [0.717, 1.165) is 47.6 Å². The van der Waals surface area contributed by atoms with Crippen LogP contribution in [0.25, 0.3) is 10.9 Å². The Kier molecular flexibility index (Phi) is 4.67. The zero-order valence-corrected chi connectivity index (χ0v) is 15.1. The minimum Gasteiger partial charge on any atom is -0.297 e. The topological polar surface area (TPSA) is 55.2 Å². The van der Waals surface area contributed by atoms with Crippen molar-refractivity contribution < 1.29 is 8.42 Å². The summed E-state index contributed by atoms with van der Waals surface area (Å²) in [5, 5.41) is 6.34. The first-order chi connectivity index (χ1) is 10.8. The van der Waals surface area contributed by atoms with Gasteiger partial charge in [-0.2, -0.15) is 5.10 Å². The maximum absolute atomic E-state index is 11.5. The molecule has 0 N–H and O–H groups in total. The highest BCUT2D eigenvalue weighted by molar-refractivity contribution is 7.90. The molecule has 1 aromatic carbocycles. The number of halogens is 1. The van der Waals surface area contributed by atoms with Crippen LogP contribution in [0.3, 0.4) is 0 Å². The first-order valence-electron chi connectivity index (χ1n) is 7.83. The van der Waals surface area contributed by atoms with Gasteiger partial charge in [0.15, 0.2) is 0 Å². The molecule has 1 unspecified atom stereocenters. The molecule has 7 heteroatoms. The Balaban J connectivity index is 1.79. The van der Waals surface area contributed by atoms with E-state index in [1.54, 1.807) is 0 Å². The molecule has 0 spiro atoms. The molecule has 1 fully saturated rings. The second kappa shape index (κ2) is 6.42. The minimum absolute atomic E-state index is 0.212. The summed E-state index contributed by atoms with van der Waals surface area (Å²) in [6.45, 7) is 2.49. The second-order valence-electron chi connectivity index (χ2n) is 6.54. The highest BCUT2D eigenvalue weighted by atomic mass is 35.5. The van der Waals surface area contributed by atoms with Crippen molar-refractivity contribution in [3.63, 3.8) is 0 Å². The van der Waals surface area contributed by atoms with E-state index in [-0.39, 0.29) is 11.7 Å². The van der Waals surface area contributed by atoms with E-state index < -0.39 is 9.84 Å². The number of rotatable bonds is 4. The van der Waals surface area contributed by atoms with Crippen molar-refractivity contribution in [2.75, 3.05) is 25.1 Å². The molecule has 126 valence electrons. The highest BCUT2D eigenvalue weighted by Gasteiger charge is 2.24. The van der Waals surface area contributed by atoms with Gasteiger partial charge in [0.25, 0.3) is 0 Å². The third-order valence-corrected chi connectivity index (χ3v) is 5.81. The lowest BCUT2D eigenvalue weighted by Gasteiger charge is -2.31. The van der Waals surface area contributed by atoms with Gasteiger partial charge in [-0.3, -0.25) is 9.58 Å². The summed E-state index contributed by atoms with van der Waals surface area (Å²) >= 11 is 6.36. The molecule has 1 aliphatic rings. The first kappa shape index (κ1) is 16.7. The lowest BCUT2D eigenvalue weighted by molar-refractivity contribution is 0.176. The fraction of sp³-hybridized carbons (Fsp3) is 0.562. The molecular weight excluding hydrogens is 334 g/mol. The molecule has 1 saturated heterocycles. The van der Waals surface area contributed by atoms with Crippen molar-refractivity contribution in [3.05, 3.63) is 28.9 Å². The molecule has 2 aromatic rings. The van der Waals surface area contributed by atoms with Crippen LogP contribution in [0.2, 0.25) is 5.02 Å². The number of hydrogen-bond acceptors (Lipinski definition) is 4. The molecule has 23 heavy (non-hydrogen) atoms. The van der Waals surface area contributed by atoms with Crippen molar-refractivity contribution in [1.82, 2.24) is 14.7 Å². The largest absolute Gasteiger partial charge is 0.297 e. The van der Waals surface area contributed by atoms with Gasteiger partial charge in [0, 0.05) is 31.8 Å². The number of hydrogen-bond donors (Lipinski definition) is 0. The Morgan fingerprint density at radius 3 is 2.91 bits per heavy atom. The van der Waals surface area contributed by atoms with Gasteiger partial charge >= 0.3 is 0 Å².